The van der Waals surface area contributed by atoms with E-state index in [-0.39, 0.29) is 11.3 Å². The van der Waals surface area contributed by atoms with Crippen molar-refractivity contribution in [3.63, 3.8) is 0 Å². The zero-order valence-corrected chi connectivity index (χ0v) is 24.8. The number of nitro benzene ring substituents is 1. The van der Waals surface area contributed by atoms with Gasteiger partial charge < -0.3 is 10.6 Å². The maximum atomic E-state index is 12.9. The van der Waals surface area contributed by atoms with Crippen LogP contribution in [0.5, 0.6) is 0 Å². The summed E-state index contributed by atoms with van der Waals surface area (Å²) in [5.41, 5.74) is 0.833. The zero-order chi connectivity index (χ0) is 30.8. The molecule has 0 unspecified atom stereocenters. The number of nitrogens with zero attached hydrogens (tertiary/aromatic N) is 1. The molecule has 4 aromatic carbocycles. The molecule has 0 fully saturated rings. The van der Waals surface area contributed by atoms with E-state index < -0.39 is 37.3 Å². The predicted molar refractivity (Wildman–Crippen MR) is 169 cm³/mol. The van der Waals surface area contributed by atoms with E-state index in [2.05, 4.69) is 10.6 Å². The zero-order valence-electron chi connectivity index (χ0n) is 22.4. The first-order chi connectivity index (χ1) is 20.6. The van der Waals surface area contributed by atoms with E-state index in [4.69, 9.17) is 11.6 Å². The van der Waals surface area contributed by atoms with E-state index in [9.17, 15) is 28.1 Å². The first-order valence-corrected chi connectivity index (χ1v) is 15.6. The third-order valence-electron chi connectivity index (χ3n) is 5.82. The highest BCUT2D eigenvalue weighted by Gasteiger charge is 2.24. The molecule has 0 aliphatic rings. The van der Waals surface area contributed by atoms with E-state index in [1.807, 2.05) is 35.1 Å². The Kier molecular flexibility index (Phi) is 10.5. The van der Waals surface area contributed by atoms with Crippen molar-refractivity contribution in [1.29, 1.82) is 0 Å². The van der Waals surface area contributed by atoms with Gasteiger partial charge >= 0.3 is 0 Å². The molecule has 0 saturated heterocycles. The summed E-state index contributed by atoms with van der Waals surface area (Å²) < 4.78 is 27.7. The lowest BCUT2D eigenvalue weighted by molar-refractivity contribution is -0.384. The molecule has 43 heavy (non-hydrogen) atoms. The molecule has 0 saturated carbocycles. The van der Waals surface area contributed by atoms with Gasteiger partial charge in [0, 0.05) is 45.6 Å². The summed E-state index contributed by atoms with van der Waals surface area (Å²) in [5, 5.41) is 17.8. The standard InChI is InChI=1S/C30H25ClN4O6S2/c31-23-6-4-5-21(19-23)9-16-29(36)33-24-12-10-22(11-13-24)30(37)34-43(40,41)26-14-15-27(28(20-26)35(38)39)32-17-18-42-25-7-2-1-3-8-25/h1-16,19-20,32H,17-18H2,(H,33,36)(H,34,37). The number of carbonyl (C=O) groups excluding carboxylic acids is 2. The van der Waals surface area contributed by atoms with Crippen LogP contribution in [0.15, 0.2) is 113 Å². The van der Waals surface area contributed by atoms with Gasteiger partial charge in [-0.05, 0) is 72.3 Å². The van der Waals surface area contributed by atoms with Crippen molar-refractivity contribution in [3.05, 3.63) is 129 Å². The van der Waals surface area contributed by atoms with Crippen LogP contribution in [0.1, 0.15) is 15.9 Å². The van der Waals surface area contributed by atoms with Crippen LogP contribution in [0, 0.1) is 10.1 Å². The molecule has 4 aromatic rings. The third kappa shape index (κ3) is 9.17. The van der Waals surface area contributed by atoms with Crippen LogP contribution < -0.4 is 15.4 Å². The monoisotopic (exact) mass is 636 g/mol. The van der Waals surface area contributed by atoms with Gasteiger partial charge in [-0.1, -0.05) is 41.9 Å². The van der Waals surface area contributed by atoms with Crippen molar-refractivity contribution in [2.45, 2.75) is 9.79 Å². The second-order valence-corrected chi connectivity index (χ2v) is 12.2. The number of hydrogen-bond donors (Lipinski definition) is 3. The average Bonchev–Trinajstić information content (AvgIpc) is 2.99. The molecule has 0 spiro atoms. The number of benzene rings is 4. The topological polar surface area (TPSA) is 148 Å². The first-order valence-electron chi connectivity index (χ1n) is 12.7. The van der Waals surface area contributed by atoms with Crippen LogP contribution in [-0.2, 0) is 14.8 Å². The lowest BCUT2D eigenvalue weighted by Gasteiger charge is -2.11. The molecule has 0 aliphatic carbocycles. The first kappa shape index (κ1) is 31.3. The number of nitro groups is 1. The Morgan fingerprint density at radius 1 is 0.930 bits per heavy atom. The van der Waals surface area contributed by atoms with Crippen molar-refractivity contribution in [3.8, 4) is 0 Å². The Bertz CT molecular complexity index is 1770. The van der Waals surface area contributed by atoms with E-state index in [0.29, 0.717) is 23.0 Å². The minimum absolute atomic E-state index is 0.000235. The number of halogens is 1. The summed E-state index contributed by atoms with van der Waals surface area (Å²) in [6.45, 7) is 0.401. The van der Waals surface area contributed by atoms with Crippen molar-refractivity contribution >= 4 is 68.3 Å². The van der Waals surface area contributed by atoms with Gasteiger partial charge in [-0.15, -0.1) is 11.8 Å². The molecule has 4 rings (SSSR count). The summed E-state index contributed by atoms with van der Waals surface area (Å²) in [6.07, 6.45) is 2.91. The number of sulfonamides is 1. The van der Waals surface area contributed by atoms with Crippen molar-refractivity contribution in [2.75, 3.05) is 22.9 Å². The van der Waals surface area contributed by atoms with Crippen molar-refractivity contribution in [2.24, 2.45) is 0 Å². The van der Waals surface area contributed by atoms with Crippen LogP contribution in [-0.4, -0.2) is 37.5 Å². The Morgan fingerprint density at radius 3 is 2.37 bits per heavy atom. The molecule has 0 radical (unpaired) electrons. The van der Waals surface area contributed by atoms with Gasteiger partial charge in [0.25, 0.3) is 21.6 Å². The van der Waals surface area contributed by atoms with Crippen molar-refractivity contribution < 1.29 is 22.9 Å². The Labute approximate surface area is 257 Å². The lowest BCUT2D eigenvalue weighted by Crippen LogP contribution is -2.30. The van der Waals surface area contributed by atoms with Gasteiger partial charge in [-0.25, -0.2) is 13.1 Å². The van der Waals surface area contributed by atoms with Crippen LogP contribution in [0.4, 0.5) is 17.1 Å². The SMILES string of the molecule is O=C(C=Cc1cccc(Cl)c1)Nc1ccc(C(=O)NS(=O)(=O)c2ccc(NCCSc3ccccc3)c([N+](=O)[O-])c2)cc1. The Morgan fingerprint density at radius 2 is 1.67 bits per heavy atom. The molecule has 0 heterocycles. The fourth-order valence-electron chi connectivity index (χ4n) is 3.76. The molecule has 0 bridgehead atoms. The highest BCUT2D eigenvalue weighted by Crippen LogP contribution is 2.28. The van der Waals surface area contributed by atoms with Gasteiger partial charge in [-0.3, -0.25) is 19.7 Å². The summed E-state index contributed by atoms with van der Waals surface area (Å²) >= 11 is 7.50. The van der Waals surface area contributed by atoms with Gasteiger partial charge in [0.15, 0.2) is 0 Å². The van der Waals surface area contributed by atoms with Gasteiger partial charge in [0.05, 0.1) is 9.82 Å². The minimum Gasteiger partial charge on any atom is -0.379 e. The summed E-state index contributed by atoms with van der Waals surface area (Å²) in [6, 6.07) is 25.5. The fraction of sp³-hybridized carbons (Fsp3) is 0.0667. The normalized spacial score (nSPS) is 11.2. The molecule has 10 nitrogen and oxygen atoms in total. The van der Waals surface area contributed by atoms with Crippen LogP contribution in [0.2, 0.25) is 5.02 Å². The highest BCUT2D eigenvalue weighted by molar-refractivity contribution is 7.99. The van der Waals surface area contributed by atoms with Gasteiger partial charge in [-0.2, -0.15) is 0 Å². The smallest absolute Gasteiger partial charge is 0.293 e. The molecule has 0 atom stereocenters. The quantitative estimate of drug-likeness (QED) is 0.0546. The second-order valence-electron chi connectivity index (χ2n) is 8.91. The summed E-state index contributed by atoms with van der Waals surface area (Å²) in [7, 11) is -4.43. The van der Waals surface area contributed by atoms with E-state index in [0.717, 1.165) is 16.5 Å². The minimum atomic E-state index is -4.43. The van der Waals surface area contributed by atoms with Crippen molar-refractivity contribution in [1.82, 2.24) is 4.72 Å². The number of carbonyl (C=O) groups is 2. The van der Waals surface area contributed by atoms with Crippen LogP contribution in [0.25, 0.3) is 6.08 Å². The van der Waals surface area contributed by atoms with E-state index in [1.54, 1.807) is 42.1 Å². The molecular formula is C30H25ClN4O6S2. The summed E-state index contributed by atoms with van der Waals surface area (Å²) in [5.74, 6) is -0.741. The van der Waals surface area contributed by atoms with Gasteiger partial charge in [0.1, 0.15) is 5.69 Å². The highest BCUT2D eigenvalue weighted by atomic mass is 35.5. The number of rotatable bonds is 12. The number of thioether (sulfide) groups is 1. The molecule has 0 aliphatic heterocycles. The maximum Gasteiger partial charge on any atom is 0.293 e. The van der Waals surface area contributed by atoms with E-state index >= 15 is 0 Å². The van der Waals surface area contributed by atoms with Crippen LogP contribution >= 0.6 is 23.4 Å². The number of nitrogens with one attached hydrogen (secondary N) is 3. The fourth-order valence-corrected chi connectivity index (χ4v) is 5.74. The molecule has 2 amide bonds. The van der Waals surface area contributed by atoms with Crippen LogP contribution in [0.3, 0.4) is 0 Å². The third-order valence-corrected chi connectivity index (χ3v) is 8.40. The number of anilines is 2. The van der Waals surface area contributed by atoms with Gasteiger partial charge in [0.2, 0.25) is 5.91 Å². The largest absolute Gasteiger partial charge is 0.379 e. The molecule has 220 valence electrons. The molecule has 3 N–H and O–H groups in total. The lowest BCUT2D eigenvalue weighted by atomic mass is 10.2. The number of amides is 2. The average molecular weight is 637 g/mol. The molecule has 13 heteroatoms. The second kappa shape index (κ2) is 14.5. The number of hydrogen-bond acceptors (Lipinski definition) is 8. The predicted octanol–water partition coefficient (Wildman–Crippen LogP) is 6.22. The molecular weight excluding hydrogens is 612 g/mol. The Hall–Kier alpha value is -4.65. The maximum absolute atomic E-state index is 12.9. The van der Waals surface area contributed by atoms with E-state index in [1.165, 1.54) is 42.5 Å². The summed E-state index contributed by atoms with van der Waals surface area (Å²) in [4.78, 5) is 36.5. The Balaban J connectivity index is 1.35. The molecule has 0 aromatic heterocycles.